The Balaban J connectivity index is 0.000000353. The van der Waals surface area contributed by atoms with E-state index in [0.29, 0.717) is 104 Å². The van der Waals surface area contributed by atoms with Gasteiger partial charge in [0, 0.05) is 150 Å². The van der Waals surface area contributed by atoms with Gasteiger partial charge >= 0.3 is 17.9 Å². The maximum atomic E-state index is 12.4. The summed E-state index contributed by atoms with van der Waals surface area (Å²) in [6.07, 6.45) is 9.29. The van der Waals surface area contributed by atoms with E-state index in [1.54, 1.807) is 35.5 Å². The second kappa shape index (κ2) is 50.3. The number of unbranched alkanes of at least 4 members (excludes halogenated alkanes) is 1. The number of aromatic carboxylic acids is 1. The number of carbonyl (C=O) groups excluding carboxylic acids is 8. The summed E-state index contributed by atoms with van der Waals surface area (Å²) in [7, 11) is 9.56. The van der Waals surface area contributed by atoms with Gasteiger partial charge in [-0.05, 0) is 139 Å². The first-order valence-corrected chi connectivity index (χ1v) is 37.8. The Morgan fingerprint density at radius 3 is 1.14 bits per heavy atom. The molecule has 14 N–H and O–H groups in total. The van der Waals surface area contributed by atoms with Crippen LogP contribution in [0.2, 0.25) is 0 Å². The van der Waals surface area contributed by atoms with Crippen molar-refractivity contribution >= 4 is 76.5 Å². The number of pyridine rings is 1. The third-order valence-electron chi connectivity index (χ3n) is 20.3. The van der Waals surface area contributed by atoms with Gasteiger partial charge < -0.3 is 102 Å². The third kappa shape index (κ3) is 30.3. The van der Waals surface area contributed by atoms with Crippen molar-refractivity contribution < 1.29 is 118 Å². The van der Waals surface area contributed by atoms with Crippen LogP contribution in [-0.2, 0) is 101 Å². The summed E-state index contributed by atoms with van der Waals surface area (Å²) >= 11 is 5.21. The number of carboxylic acids is 2. The molecule has 1 aromatic heterocycles. The molecule has 0 radical (unpaired) electrons. The number of nitriles is 1. The van der Waals surface area contributed by atoms with Crippen LogP contribution < -0.4 is 61.6 Å². The number of nitrogens with one attached hydrogen (secondary N) is 6. The van der Waals surface area contributed by atoms with Crippen LogP contribution in [0.5, 0.6) is 28.7 Å². The number of ether oxygens (including phenoxy) is 6. The summed E-state index contributed by atoms with van der Waals surface area (Å²) in [6, 6.07) is 43.5. The maximum Gasteiger partial charge on any atom is 0.335 e. The minimum Gasteiger partial charge on any atom is -0.497 e. The Labute approximate surface area is 706 Å². The van der Waals surface area contributed by atoms with Crippen molar-refractivity contribution in [2.24, 2.45) is 33.8 Å². The maximum absolute atomic E-state index is 12.4. The smallest absolute Gasteiger partial charge is 0.335 e. The number of β-lactam (4-membered cyclic amide) rings is 3. The standard InChI is InChI=1S/2C15H18N2O3.C15H18N2O2S.C11H13NO.C8H11NO.C7H11NO3.C6H9NO3.C6H5NO3.CH4.2H2O.Pd/c2*1-20-12-4-2-11(3-5-12)9-17-10-15(14(17)19)6-7-16-13(18)8-15;1-19-12-4-2-11(3-5-12)9-17-10-15(14(17)18)6-7-16-13(20)8-15;1-13-11-7-5-10(6-8-11)4-2-3-9-12;1-10-8-4-2-7(6-9)3-5-8;1-11-7(10)5-2-3-8-6(9)4-5;2*8-5-3-4(6(9)10)1-2-7-5;;;;/h2*2-5H,6-10H2,1H3,(H,16,18);2-5H,6-10H2,1H3,(H,16,20);5-8H,2-4H2,1H3;2-5H,6,9H2,1H3;5H,2-4H2,1H3,(H,8,9);4H,1-3H2,(H,7,8)(H,9,10);1-3H,(H,7,8)(H,9,10);1H4;2*1H2;. The average Bonchev–Trinajstić information content (AvgIpc) is 0.756. The van der Waals surface area contributed by atoms with E-state index in [2.05, 4.69) is 42.4 Å². The Kier molecular flexibility index (Phi) is 43.0. The molecule has 34 heteroatoms. The van der Waals surface area contributed by atoms with Crippen LogP contribution in [0, 0.1) is 39.4 Å². The minimum atomic E-state index is -1.09. The van der Waals surface area contributed by atoms with E-state index >= 15 is 0 Å². The normalized spacial score (nSPS) is 19.9. The number of H-pyrrole nitrogens is 1. The Bertz CT molecular complexity index is 4110. The number of nitrogens with two attached hydrogens (primary N) is 1. The fourth-order valence-electron chi connectivity index (χ4n) is 13.8. The number of benzene rings is 5. The minimum absolute atomic E-state index is 0. The van der Waals surface area contributed by atoms with Crippen LogP contribution in [0.3, 0.4) is 0 Å². The number of thiocarbonyl (C=S) groups is 1. The first-order valence-electron chi connectivity index (χ1n) is 37.4. The van der Waals surface area contributed by atoms with Crippen LogP contribution in [0.25, 0.3) is 0 Å². The molecule has 8 saturated heterocycles. The molecule has 7 amide bonds. The number of aliphatic carboxylic acids is 1. The van der Waals surface area contributed by atoms with Crippen LogP contribution in [0.4, 0.5) is 0 Å². The second-order valence-electron chi connectivity index (χ2n) is 28.3. The van der Waals surface area contributed by atoms with E-state index in [9.17, 15) is 52.7 Å². The average molecular weight is 1750 g/mol. The van der Waals surface area contributed by atoms with Gasteiger partial charge in [-0.15, -0.1) is 0 Å². The van der Waals surface area contributed by atoms with Gasteiger partial charge in [0.2, 0.25) is 46.9 Å². The number of aromatic amines is 1. The number of hydrogen-bond donors (Lipinski definition) is 9. The molecule has 5 aromatic carbocycles. The summed E-state index contributed by atoms with van der Waals surface area (Å²) in [5.41, 5.74) is 9.62. The molecule has 14 rings (SSSR count). The van der Waals surface area contributed by atoms with E-state index in [-0.39, 0.29) is 116 Å². The zero-order valence-electron chi connectivity index (χ0n) is 66.5. The summed E-state index contributed by atoms with van der Waals surface area (Å²) in [6.45, 7) is 7.78. The van der Waals surface area contributed by atoms with Crippen molar-refractivity contribution in [2.75, 3.05) is 95.0 Å². The molecule has 5 unspecified atom stereocenters. The largest absolute Gasteiger partial charge is 0.497 e. The number of nitrogens with zero attached hydrogens (tertiary/aromatic N) is 4. The van der Waals surface area contributed by atoms with Crippen molar-refractivity contribution in [1.82, 2.24) is 46.3 Å². The monoisotopic (exact) mass is 1750 g/mol. The fraction of sp³-hybridized carbons (Fsp3) is 0.440. The number of hydrogen-bond acceptors (Lipinski definition) is 20. The van der Waals surface area contributed by atoms with Gasteiger partial charge in [-0.3, -0.25) is 47.9 Å². The number of rotatable bonds is 18. The molecule has 118 heavy (non-hydrogen) atoms. The molecule has 8 aliphatic rings. The Hall–Kier alpha value is -11.3. The number of aryl methyl sites for hydroxylation is 1. The molecule has 0 bridgehead atoms. The molecule has 9 heterocycles. The molecule has 644 valence electrons. The molecule has 0 aliphatic carbocycles. The van der Waals surface area contributed by atoms with Crippen molar-refractivity contribution in [3.63, 3.8) is 0 Å². The van der Waals surface area contributed by atoms with E-state index < -0.39 is 34.2 Å². The molecular weight excluding hydrogens is 1640 g/mol. The topological polar surface area (TPSA) is 482 Å². The van der Waals surface area contributed by atoms with Crippen LogP contribution >= 0.6 is 12.2 Å². The van der Waals surface area contributed by atoms with E-state index in [4.69, 9.17) is 57.1 Å². The summed E-state index contributed by atoms with van der Waals surface area (Å²) in [5.74, 6) is 1.53. The van der Waals surface area contributed by atoms with Gasteiger partial charge in [-0.25, -0.2) is 4.79 Å². The third-order valence-corrected chi connectivity index (χ3v) is 20.6. The number of esters is 1. The summed E-state index contributed by atoms with van der Waals surface area (Å²) in [4.78, 5) is 132. The van der Waals surface area contributed by atoms with Crippen LogP contribution in [-0.4, -0.2) is 200 Å². The molecule has 5 atom stereocenters. The summed E-state index contributed by atoms with van der Waals surface area (Å²) in [5, 5.41) is 39.1. The first-order chi connectivity index (χ1) is 54.7. The van der Waals surface area contributed by atoms with Crippen molar-refractivity contribution in [1.29, 1.82) is 5.26 Å². The number of amides is 7. The Morgan fingerprint density at radius 2 is 0.847 bits per heavy atom. The molecule has 3 spiro atoms. The molecule has 8 aliphatic heterocycles. The number of methoxy groups -OCH3 is 6. The van der Waals surface area contributed by atoms with E-state index in [0.717, 1.165) is 107 Å². The predicted molar refractivity (Wildman–Crippen MR) is 438 cm³/mol. The summed E-state index contributed by atoms with van der Waals surface area (Å²) < 4.78 is 29.9. The van der Waals surface area contributed by atoms with Crippen LogP contribution in [0.15, 0.2) is 144 Å². The van der Waals surface area contributed by atoms with Crippen molar-refractivity contribution in [3.8, 4) is 34.8 Å². The number of carboxylic acid groups (broad SMARTS) is 2. The second-order valence-corrected chi connectivity index (χ2v) is 28.8. The number of carbonyl (C=O) groups is 10. The van der Waals surface area contributed by atoms with Crippen molar-refractivity contribution in [3.05, 3.63) is 183 Å². The first kappa shape index (κ1) is 101. The molecule has 6 aromatic rings. The van der Waals surface area contributed by atoms with Gasteiger partial charge in [0.15, 0.2) is 0 Å². The zero-order valence-corrected chi connectivity index (χ0v) is 68.9. The number of aromatic nitrogens is 1. The zero-order chi connectivity index (χ0) is 82.8. The Morgan fingerprint density at radius 1 is 0.500 bits per heavy atom. The molecule has 32 nitrogen and oxygen atoms in total. The fourth-order valence-corrected chi connectivity index (χ4v) is 14.2. The predicted octanol–water partition coefficient (Wildman–Crippen LogP) is 5.64. The van der Waals surface area contributed by atoms with Gasteiger partial charge in [-0.2, -0.15) is 5.26 Å². The number of piperidine rings is 5. The van der Waals surface area contributed by atoms with E-state index in [1.165, 1.54) is 24.9 Å². The van der Waals surface area contributed by atoms with Crippen LogP contribution in [0.1, 0.15) is 123 Å². The molecule has 8 fully saturated rings. The van der Waals surface area contributed by atoms with Gasteiger partial charge in [-0.1, -0.05) is 80.3 Å². The number of likely N-dealkylation sites (tertiary alicyclic amines) is 3. The molecular formula is C84H111N11O21PdS. The SMILES string of the molecule is C.COC(=O)C1CCNC(=O)C1.COc1ccc(CCCC#N)cc1.COc1ccc(CN)cc1.COc1ccc(CN2CC3(CCNC(=O)C3)C2=O)cc1.COc1ccc(CN2CC3(CCNC(=O)C3)C2=O)cc1.COc1ccc(CN2CC3(CCNC(=S)C3)C2=O)cc1.O.O.O=C(O)c1cc[nH]c(=O)c1.O=C1CC(C(=O)O)CCN1.[Pd]. The molecule has 0 saturated carbocycles. The van der Waals surface area contributed by atoms with Gasteiger partial charge in [0.1, 0.15) is 28.7 Å². The van der Waals surface area contributed by atoms with Gasteiger partial charge in [0.05, 0.1) is 87.4 Å². The van der Waals surface area contributed by atoms with E-state index in [1.807, 2.05) is 136 Å². The van der Waals surface area contributed by atoms with Gasteiger partial charge in [0.25, 0.3) is 0 Å². The van der Waals surface area contributed by atoms with Crippen molar-refractivity contribution in [2.45, 2.75) is 117 Å². The quantitative estimate of drug-likeness (QED) is 0.0165.